The molecule has 24 heavy (non-hydrogen) atoms. The molecule has 130 valence electrons. The lowest BCUT2D eigenvalue weighted by molar-refractivity contribution is 0.206. The molecule has 2 N–H and O–H groups in total. The molecule has 0 spiro atoms. The van der Waals surface area contributed by atoms with Gasteiger partial charge in [-0.3, -0.25) is 0 Å². The molecule has 4 aliphatic rings. The smallest absolute Gasteiger partial charge is 0.0497 e. The van der Waals surface area contributed by atoms with Crippen LogP contribution in [0.2, 0.25) is 0 Å². The molecule has 4 rings (SSSR count). The third-order valence-corrected chi connectivity index (χ3v) is 6.86. The molecule has 4 aliphatic carbocycles. The fourth-order valence-corrected chi connectivity index (χ4v) is 5.59. The summed E-state index contributed by atoms with van der Waals surface area (Å²) in [5.74, 6) is 3.39. The summed E-state index contributed by atoms with van der Waals surface area (Å²) in [6, 6.07) is 0.519. The first-order chi connectivity index (χ1) is 11.7. The standard InChI is InChI=1S/C22H32N2/c1-14-12-13-15(2)20(14)24-22-19-11-7-5-9-17(19)16-8-4-6-10-18(16)21(22)23-3/h4-5,8-9,12,15-20,23-24H,6-7,10-11,13H2,1-3H3. The fraction of sp³-hybridized carbons (Fsp3) is 0.636. The fourth-order valence-electron chi connectivity index (χ4n) is 5.59. The van der Waals surface area contributed by atoms with Crippen LogP contribution in [0.15, 0.2) is 47.3 Å². The van der Waals surface area contributed by atoms with E-state index in [0.717, 1.165) is 0 Å². The molecule has 2 heteroatoms. The van der Waals surface area contributed by atoms with E-state index in [1.54, 1.807) is 0 Å². The first kappa shape index (κ1) is 16.1. The number of fused-ring (bicyclic) bond motifs is 3. The number of rotatable bonds is 3. The second-order valence-electron chi connectivity index (χ2n) is 8.24. The molecule has 0 radical (unpaired) electrons. The average Bonchev–Trinajstić information content (AvgIpc) is 2.94. The van der Waals surface area contributed by atoms with E-state index in [2.05, 4.69) is 61.9 Å². The van der Waals surface area contributed by atoms with Crippen molar-refractivity contribution >= 4 is 0 Å². The second-order valence-corrected chi connectivity index (χ2v) is 8.24. The van der Waals surface area contributed by atoms with Crippen LogP contribution in [-0.2, 0) is 0 Å². The minimum atomic E-state index is 0.519. The zero-order valence-corrected chi connectivity index (χ0v) is 15.4. The summed E-state index contributed by atoms with van der Waals surface area (Å²) in [5.41, 5.74) is 4.57. The summed E-state index contributed by atoms with van der Waals surface area (Å²) >= 11 is 0. The Kier molecular flexibility index (Phi) is 4.32. The van der Waals surface area contributed by atoms with Gasteiger partial charge in [-0.15, -0.1) is 0 Å². The maximum atomic E-state index is 4.04. The molecule has 0 bridgehead atoms. The van der Waals surface area contributed by atoms with Crippen LogP contribution in [0, 0.1) is 29.6 Å². The van der Waals surface area contributed by atoms with Crippen LogP contribution in [0.25, 0.3) is 0 Å². The molecule has 0 saturated carbocycles. The van der Waals surface area contributed by atoms with E-state index in [-0.39, 0.29) is 0 Å². The van der Waals surface area contributed by atoms with E-state index in [9.17, 15) is 0 Å². The van der Waals surface area contributed by atoms with Crippen molar-refractivity contribution in [2.45, 2.75) is 52.0 Å². The first-order valence-electron chi connectivity index (χ1n) is 9.89. The Morgan fingerprint density at radius 3 is 2.12 bits per heavy atom. The molecule has 6 unspecified atom stereocenters. The molecule has 0 fully saturated rings. The highest BCUT2D eigenvalue weighted by atomic mass is 15.0. The summed E-state index contributed by atoms with van der Waals surface area (Å²) in [4.78, 5) is 0. The minimum Gasteiger partial charge on any atom is -0.390 e. The summed E-state index contributed by atoms with van der Waals surface area (Å²) < 4.78 is 0. The van der Waals surface area contributed by atoms with Crippen LogP contribution in [0.4, 0.5) is 0 Å². The maximum absolute atomic E-state index is 4.04. The van der Waals surface area contributed by atoms with Crippen LogP contribution in [0.3, 0.4) is 0 Å². The van der Waals surface area contributed by atoms with Gasteiger partial charge in [-0.1, -0.05) is 42.9 Å². The third-order valence-electron chi connectivity index (χ3n) is 6.86. The average molecular weight is 325 g/mol. The monoisotopic (exact) mass is 324 g/mol. The second kappa shape index (κ2) is 6.46. The van der Waals surface area contributed by atoms with Gasteiger partial charge < -0.3 is 10.6 Å². The third kappa shape index (κ3) is 2.55. The van der Waals surface area contributed by atoms with Gasteiger partial charge in [0.1, 0.15) is 0 Å². The van der Waals surface area contributed by atoms with Crippen molar-refractivity contribution in [2.24, 2.45) is 29.6 Å². The Morgan fingerprint density at radius 1 is 0.958 bits per heavy atom. The van der Waals surface area contributed by atoms with E-state index in [4.69, 9.17) is 0 Å². The van der Waals surface area contributed by atoms with Crippen molar-refractivity contribution in [1.29, 1.82) is 0 Å². The number of nitrogens with one attached hydrogen (secondary N) is 2. The van der Waals surface area contributed by atoms with Gasteiger partial charge in [-0.25, -0.2) is 0 Å². The number of allylic oxidation sites excluding steroid dienone is 7. The van der Waals surface area contributed by atoms with E-state index in [1.807, 2.05) is 0 Å². The van der Waals surface area contributed by atoms with E-state index < -0.39 is 0 Å². The lowest BCUT2D eigenvalue weighted by Crippen LogP contribution is -2.47. The normalized spacial score (nSPS) is 40.9. The number of hydrogen-bond donors (Lipinski definition) is 2. The van der Waals surface area contributed by atoms with Crippen LogP contribution in [-0.4, -0.2) is 13.1 Å². The lowest BCUT2D eigenvalue weighted by Gasteiger charge is -2.47. The van der Waals surface area contributed by atoms with Crippen LogP contribution in [0.1, 0.15) is 46.0 Å². The quantitative estimate of drug-likeness (QED) is 0.745. The molecule has 6 atom stereocenters. The maximum Gasteiger partial charge on any atom is 0.0497 e. The summed E-state index contributed by atoms with van der Waals surface area (Å²) in [6.45, 7) is 4.69. The van der Waals surface area contributed by atoms with Gasteiger partial charge in [0.05, 0.1) is 0 Å². The van der Waals surface area contributed by atoms with Crippen LogP contribution >= 0.6 is 0 Å². The van der Waals surface area contributed by atoms with Gasteiger partial charge in [0.15, 0.2) is 0 Å². The molecular formula is C22H32N2. The van der Waals surface area contributed by atoms with Crippen molar-refractivity contribution in [3.8, 4) is 0 Å². The molecule has 0 aromatic rings. The number of hydrogen-bond acceptors (Lipinski definition) is 2. The molecule has 2 nitrogen and oxygen atoms in total. The Balaban J connectivity index is 1.73. The highest BCUT2D eigenvalue weighted by Gasteiger charge is 2.44. The van der Waals surface area contributed by atoms with E-state index in [1.165, 1.54) is 49.1 Å². The Bertz CT molecular complexity index is 609. The van der Waals surface area contributed by atoms with Gasteiger partial charge in [-0.2, -0.15) is 0 Å². The molecule has 0 heterocycles. The van der Waals surface area contributed by atoms with Gasteiger partial charge in [-0.05, 0) is 56.8 Å². The zero-order valence-electron chi connectivity index (χ0n) is 15.4. The largest absolute Gasteiger partial charge is 0.390 e. The molecule has 0 saturated heterocycles. The summed E-state index contributed by atoms with van der Waals surface area (Å²) in [7, 11) is 2.13. The molecule has 0 amide bonds. The highest BCUT2D eigenvalue weighted by molar-refractivity contribution is 5.32. The van der Waals surface area contributed by atoms with Crippen molar-refractivity contribution in [3.63, 3.8) is 0 Å². The Hall–Kier alpha value is -1.44. The van der Waals surface area contributed by atoms with Crippen molar-refractivity contribution < 1.29 is 0 Å². The van der Waals surface area contributed by atoms with E-state index >= 15 is 0 Å². The lowest BCUT2D eigenvalue weighted by atomic mass is 9.62. The van der Waals surface area contributed by atoms with Crippen molar-refractivity contribution in [2.75, 3.05) is 7.05 Å². The van der Waals surface area contributed by atoms with Crippen LogP contribution in [0.5, 0.6) is 0 Å². The summed E-state index contributed by atoms with van der Waals surface area (Å²) in [5, 5.41) is 7.67. The minimum absolute atomic E-state index is 0.519. The predicted molar refractivity (Wildman–Crippen MR) is 101 cm³/mol. The van der Waals surface area contributed by atoms with Crippen molar-refractivity contribution in [1.82, 2.24) is 10.6 Å². The van der Waals surface area contributed by atoms with Gasteiger partial charge in [0.25, 0.3) is 0 Å². The molecular weight excluding hydrogens is 292 g/mol. The van der Waals surface area contributed by atoms with Gasteiger partial charge in [0.2, 0.25) is 0 Å². The SMILES string of the molecule is CNC1=C(NC2C(C)=CCC2C)C2CCC=CC2C2C=CCCC12. The first-order valence-corrected chi connectivity index (χ1v) is 9.89. The topological polar surface area (TPSA) is 24.1 Å². The predicted octanol–water partition coefficient (Wildman–Crippen LogP) is 4.54. The molecule has 0 aromatic carbocycles. The zero-order chi connectivity index (χ0) is 16.7. The van der Waals surface area contributed by atoms with Gasteiger partial charge in [0, 0.05) is 36.3 Å². The van der Waals surface area contributed by atoms with E-state index in [0.29, 0.717) is 35.6 Å². The Morgan fingerprint density at radius 2 is 1.58 bits per heavy atom. The highest BCUT2D eigenvalue weighted by Crippen LogP contribution is 2.49. The van der Waals surface area contributed by atoms with Crippen LogP contribution < -0.4 is 10.6 Å². The molecule has 0 aromatic heterocycles. The molecule has 0 aliphatic heterocycles. The Labute approximate surface area is 147 Å². The summed E-state index contributed by atoms with van der Waals surface area (Å²) in [6.07, 6.45) is 18.5. The van der Waals surface area contributed by atoms with Gasteiger partial charge >= 0.3 is 0 Å². The van der Waals surface area contributed by atoms with Crippen molar-refractivity contribution in [3.05, 3.63) is 47.3 Å².